The van der Waals surface area contributed by atoms with Gasteiger partial charge in [0, 0.05) is 5.56 Å². The van der Waals surface area contributed by atoms with Crippen LogP contribution in [0.15, 0.2) is 35.5 Å². The molecule has 4 nitrogen and oxygen atoms in total. The lowest BCUT2D eigenvalue weighted by Crippen LogP contribution is -2.19. The van der Waals surface area contributed by atoms with Gasteiger partial charge in [0.05, 0.1) is 16.3 Å². The highest BCUT2D eigenvalue weighted by Gasteiger charge is 2.23. The van der Waals surface area contributed by atoms with Crippen molar-refractivity contribution in [3.8, 4) is 5.75 Å². The molecule has 0 spiro atoms. The predicted octanol–water partition coefficient (Wildman–Crippen LogP) is 4.47. The number of rotatable bonds is 2. The van der Waals surface area contributed by atoms with Crippen LogP contribution in [0.2, 0.25) is 5.02 Å². The van der Waals surface area contributed by atoms with E-state index in [9.17, 15) is 18.7 Å². The Morgan fingerprint density at radius 3 is 2.72 bits per heavy atom. The maximum absolute atomic E-state index is 13.3. The number of nitrogens with zero attached hydrogens (tertiary/aromatic N) is 1. The highest BCUT2D eigenvalue weighted by Crippen LogP contribution is 2.29. The molecular weight excluding hydrogens is 352 g/mol. The molecule has 0 saturated carbocycles. The second kappa shape index (κ2) is 6.80. The van der Waals surface area contributed by atoms with E-state index in [1.54, 1.807) is 12.1 Å². The van der Waals surface area contributed by atoms with Gasteiger partial charge < -0.3 is 9.94 Å². The van der Waals surface area contributed by atoms with Gasteiger partial charge in [0.25, 0.3) is 0 Å². The third kappa shape index (κ3) is 3.64. The van der Waals surface area contributed by atoms with Gasteiger partial charge in [-0.3, -0.25) is 0 Å². The van der Waals surface area contributed by atoms with E-state index < -0.39 is 17.6 Å². The second-order valence-corrected chi connectivity index (χ2v) is 6.42. The van der Waals surface area contributed by atoms with Crippen molar-refractivity contribution in [3.05, 3.63) is 63.7 Å². The van der Waals surface area contributed by atoms with Crippen LogP contribution >= 0.6 is 11.6 Å². The van der Waals surface area contributed by atoms with Crippen molar-refractivity contribution in [3.63, 3.8) is 0 Å². The molecule has 0 bridgehead atoms. The summed E-state index contributed by atoms with van der Waals surface area (Å²) in [6.07, 6.45) is 1.35. The lowest BCUT2D eigenvalue weighted by molar-refractivity contribution is 0.0514. The molecule has 25 heavy (non-hydrogen) atoms. The summed E-state index contributed by atoms with van der Waals surface area (Å²) in [5.41, 5.74) is 1.92. The Kier molecular flexibility index (Phi) is 4.72. The van der Waals surface area contributed by atoms with Crippen LogP contribution in [0, 0.1) is 17.6 Å². The molecule has 2 aromatic carbocycles. The highest BCUT2D eigenvalue weighted by molar-refractivity contribution is 6.33. The number of hydrogen-bond acceptors (Lipinski definition) is 4. The Morgan fingerprint density at radius 2 is 1.96 bits per heavy atom. The molecule has 0 amide bonds. The van der Waals surface area contributed by atoms with Crippen LogP contribution < -0.4 is 0 Å². The maximum atomic E-state index is 13.3. The Balaban J connectivity index is 1.87. The summed E-state index contributed by atoms with van der Waals surface area (Å²) in [5.74, 6) is -2.93. The van der Waals surface area contributed by atoms with Crippen molar-refractivity contribution in [1.29, 1.82) is 0 Å². The molecule has 1 aliphatic carbocycles. The standard InChI is InChI=1S/C18H14ClF2NO3/c1-9-4-10-6-11(23)2-3-12(10)17(5-9)22-25-18(24)13-7-15(20)16(21)8-14(13)19/h2-3,6-9,23H,4-5H2,1H3/b22-17+/t9-/m0/s1. The van der Waals surface area contributed by atoms with Crippen LogP contribution in [-0.2, 0) is 11.3 Å². The first-order chi connectivity index (χ1) is 11.8. The Labute approximate surface area is 147 Å². The lowest BCUT2D eigenvalue weighted by atomic mass is 9.83. The minimum absolute atomic E-state index is 0.151. The van der Waals surface area contributed by atoms with Crippen LogP contribution in [-0.4, -0.2) is 16.8 Å². The number of phenolic OH excluding ortho intramolecular Hbond substituents is 1. The fraction of sp³-hybridized carbons (Fsp3) is 0.222. The number of carbonyl (C=O) groups is 1. The normalized spacial score (nSPS) is 18.1. The quantitative estimate of drug-likeness (QED) is 0.485. The van der Waals surface area contributed by atoms with E-state index in [4.69, 9.17) is 16.4 Å². The van der Waals surface area contributed by atoms with Gasteiger partial charge in [-0.25, -0.2) is 13.6 Å². The molecule has 0 unspecified atom stereocenters. The molecule has 0 fully saturated rings. The van der Waals surface area contributed by atoms with Crippen molar-refractivity contribution in [2.45, 2.75) is 19.8 Å². The molecule has 1 atom stereocenters. The van der Waals surface area contributed by atoms with Gasteiger partial charge in [0.1, 0.15) is 5.75 Å². The first-order valence-corrected chi connectivity index (χ1v) is 7.98. The van der Waals surface area contributed by atoms with Crippen LogP contribution in [0.5, 0.6) is 5.75 Å². The number of halogens is 3. The number of hydrogen-bond donors (Lipinski definition) is 1. The fourth-order valence-corrected chi connectivity index (χ4v) is 3.06. The summed E-state index contributed by atoms with van der Waals surface area (Å²) in [6, 6.07) is 6.26. The van der Waals surface area contributed by atoms with Gasteiger partial charge in [0.15, 0.2) is 11.6 Å². The van der Waals surface area contributed by atoms with Gasteiger partial charge in [-0.1, -0.05) is 23.7 Å². The van der Waals surface area contributed by atoms with Crippen molar-refractivity contribution >= 4 is 23.3 Å². The lowest BCUT2D eigenvalue weighted by Gasteiger charge is -2.22. The number of carbonyl (C=O) groups excluding carboxylic acids is 1. The monoisotopic (exact) mass is 365 g/mol. The minimum Gasteiger partial charge on any atom is -0.508 e. The third-order valence-corrected chi connectivity index (χ3v) is 4.29. The van der Waals surface area contributed by atoms with Crippen molar-refractivity contribution in [2.24, 2.45) is 11.1 Å². The molecule has 0 radical (unpaired) electrons. The smallest absolute Gasteiger partial charge is 0.367 e. The van der Waals surface area contributed by atoms with Gasteiger partial charge in [0.2, 0.25) is 0 Å². The van der Waals surface area contributed by atoms with Crippen LogP contribution in [0.4, 0.5) is 8.78 Å². The maximum Gasteiger partial charge on any atom is 0.367 e. The molecule has 0 saturated heterocycles. The largest absolute Gasteiger partial charge is 0.508 e. The zero-order valence-corrected chi connectivity index (χ0v) is 14.0. The number of aromatic hydroxyl groups is 1. The number of benzene rings is 2. The predicted molar refractivity (Wildman–Crippen MR) is 88.9 cm³/mol. The van der Waals surface area contributed by atoms with E-state index in [2.05, 4.69) is 5.16 Å². The Morgan fingerprint density at radius 1 is 1.24 bits per heavy atom. The molecule has 0 aliphatic heterocycles. The summed E-state index contributed by atoms with van der Waals surface area (Å²) >= 11 is 5.76. The van der Waals surface area contributed by atoms with Gasteiger partial charge in [-0.05, 0) is 54.7 Å². The Bertz CT molecular complexity index is 883. The molecule has 130 valence electrons. The molecule has 7 heteroatoms. The number of phenols is 1. The number of oxime groups is 1. The van der Waals surface area contributed by atoms with Gasteiger partial charge in [-0.2, -0.15) is 0 Å². The molecule has 2 aromatic rings. The Hall–Kier alpha value is -2.47. The molecule has 1 N–H and O–H groups in total. The van der Waals surface area contributed by atoms with Gasteiger partial charge in [-0.15, -0.1) is 0 Å². The van der Waals surface area contributed by atoms with Crippen molar-refractivity contribution in [2.75, 3.05) is 0 Å². The number of fused-ring (bicyclic) bond motifs is 1. The summed E-state index contributed by atoms with van der Waals surface area (Å²) < 4.78 is 26.4. The van der Waals surface area contributed by atoms with E-state index >= 15 is 0 Å². The molecule has 0 aromatic heterocycles. The zero-order valence-electron chi connectivity index (χ0n) is 13.2. The van der Waals surface area contributed by atoms with E-state index in [1.165, 1.54) is 6.07 Å². The topological polar surface area (TPSA) is 58.9 Å². The van der Waals surface area contributed by atoms with E-state index in [1.807, 2.05) is 6.92 Å². The third-order valence-electron chi connectivity index (χ3n) is 3.98. The summed E-state index contributed by atoms with van der Waals surface area (Å²) in [5, 5.41) is 13.2. The summed E-state index contributed by atoms with van der Waals surface area (Å²) in [6.45, 7) is 2.01. The molecular formula is C18H14ClF2NO3. The first kappa shape index (κ1) is 17.4. The fourth-order valence-electron chi connectivity index (χ4n) is 2.83. The SMILES string of the molecule is C[C@@H]1C/C(=N\OC(=O)c2cc(F)c(F)cc2Cl)c2ccc(O)cc2C1. The van der Waals surface area contributed by atoms with E-state index in [0.29, 0.717) is 24.3 Å². The first-order valence-electron chi connectivity index (χ1n) is 7.60. The summed E-state index contributed by atoms with van der Waals surface area (Å²) in [4.78, 5) is 17.0. The zero-order chi connectivity index (χ0) is 18.1. The summed E-state index contributed by atoms with van der Waals surface area (Å²) in [7, 11) is 0. The van der Waals surface area contributed by atoms with Gasteiger partial charge >= 0.3 is 5.97 Å². The molecule has 0 heterocycles. The van der Waals surface area contributed by atoms with Crippen LogP contribution in [0.3, 0.4) is 0 Å². The molecule has 1 aliphatic rings. The van der Waals surface area contributed by atoms with Crippen molar-refractivity contribution in [1.82, 2.24) is 0 Å². The van der Waals surface area contributed by atoms with E-state index in [0.717, 1.165) is 17.5 Å². The average Bonchev–Trinajstić information content (AvgIpc) is 2.55. The van der Waals surface area contributed by atoms with Crippen LogP contribution in [0.1, 0.15) is 34.8 Å². The highest BCUT2D eigenvalue weighted by atomic mass is 35.5. The second-order valence-electron chi connectivity index (χ2n) is 6.02. The van der Waals surface area contributed by atoms with E-state index in [-0.39, 0.29) is 22.3 Å². The average molecular weight is 366 g/mol. The van der Waals surface area contributed by atoms with Crippen LogP contribution in [0.25, 0.3) is 0 Å². The molecule has 3 rings (SSSR count). The minimum atomic E-state index is -1.20. The van der Waals surface area contributed by atoms with Crippen molar-refractivity contribution < 1.29 is 23.5 Å².